The molecule has 4 nitrogen and oxygen atoms in total. The van der Waals surface area contributed by atoms with Crippen LogP contribution < -0.4 is 10.8 Å². The van der Waals surface area contributed by atoms with Crippen molar-refractivity contribution in [3.63, 3.8) is 0 Å². The maximum atomic E-state index is 11.6. The van der Waals surface area contributed by atoms with E-state index in [4.69, 9.17) is 10.6 Å². The molecule has 1 atom stereocenters. The van der Waals surface area contributed by atoms with Crippen LogP contribution in [-0.2, 0) is 16.1 Å². The quantitative estimate of drug-likeness (QED) is 0.703. The largest absolute Gasteiger partial charge is 0.320 e. The van der Waals surface area contributed by atoms with Crippen molar-refractivity contribution in [3.8, 4) is 0 Å². The van der Waals surface area contributed by atoms with E-state index in [1.807, 2.05) is 24.3 Å². The van der Waals surface area contributed by atoms with Crippen molar-refractivity contribution < 1.29 is 9.63 Å². The Morgan fingerprint density at radius 3 is 2.93 bits per heavy atom. The average Bonchev–Trinajstić information content (AvgIpc) is 2.20. The molecule has 1 aliphatic heterocycles. The molecule has 0 saturated heterocycles. The lowest BCUT2D eigenvalue weighted by molar-refractivity contribution is -0.126. The molecule has 1 amide bonds. The number of hydrogen-bond donors (Lipinski definition) is 1. The third kappa shape index (κ3) is 1.29. The van der Waals surface area contributed by atoms with Crippen LogP contribution in [0.1, 0.15) is 5.56 Å². The summed E-state index contributed by atoms with van der Waals surface area (Å²) >= 11 is 0. The van der Waals surface area contributed by atoms with E-state index < -0.39 is 6.04 Å². The molecular formula is C10H12N2O2. The van der Waals surface area contributed by atoms with Gasteiger partial charge in [0.2, 0.25) is 0 Å². The van der Waals surface area contributed by atoms with Crippen LogP contribution in [0.15, 0.2) is 24.3 Å². The summed E-state index contributed by atoms with van der Waals surface area (Å²) in [5.41, 5.74) is 7.52. The molecule has 2 N–H and O–H groups in total. The number of nitrogens with zero attached hydrogens (tertiary/aromatic N) is 1. The highest BCUT2D eigenvalue weighted by atomic mass is 16.7. The fraction of sp³-hybridized carbons (Fsp3) is 0.300. The molecule has 1 aromatic carbocycles. The second-order valence-electron chi connectivity index (χ2n) is 3.25. The van der Waals surface area contributed by atoms with Gasteiger partial charge in [-0.15, -0.1) is 0 Å². The van der Waals surface area contributed by atoms with Crippen LogP contribution in [0.3, 0.4) is 0 Å². The summed E-state index contributed by atoms with van der Waals surface area (Å²) in [6.07, 6.45) is 0.578. The molecule has 0 saturated carbocycles. The summed E-state index contributed by atoms with van der Waals surface area (Å²) in [6, 6.07) is 7.10. The van der Waals surface area contributed by atoms with Crippen molar-refractivity contribution in [1.82, 2.24) is 0 Å². The maximum absolute atomic E-state index is 11.6. The fourth-order valence-corrected chi connectivity index (χ4v) is 1.66. The molecule has 0 aromatic heterocycles. The van der Waals surface area contributed by atoms with Gasteiger partial charge in [0.05, 0.1) is 18.8 Å². The molecule has 0 radical (unpaired) electrons. The molecule has 1 heterocycles. The zero-order valence-electron chi connectivity index (χ0n) is 7.93. The Morgan fingerprint density at radius 2 is 2.21 bits per heavy atom. The van der Waals surface area contributed by atoms with E-state index >= 15 is 0 Å². The maximum Gasteiger partial charge on any atom is 0.268 e. The molecule has 0 unspecified atom stereocenters. The van der Waals surface area contributed by atoms with E-state index in [-0.39, 0.29) is 5.91 Å². The first-order valence-corrected chi connectivity index (χ1v) is 4.45. The van der Waals surface area contributed by atoms with Crippen LogP contribution >= 0.6 is 0 Å². The standard InChI is InChI=1S/C10H12N2O2/c1-14-12-9-5-3-2-4-7(9)6-8(11)10(12)13/h2-5,8H,6,11H2,1H3/t8-/m1/s1. The van der Waals surface area contributed by atoms with Crippen molar-refractivity contribution in [3.05, 3.63) is 29.8 Å². The van der Waals surface area contributed by atoms with Gasteiger partial charge >= 0.3 is 0 Å². The van der Waals surface area contributed by atoms with Crippen LogP contribution in [0.2, 0.25) is 0 Å². The molecule has 14 heavy (non-hydrogen) atoms. The van der Waals surface area contributed by atoms with E-state index in [9.17, 15) is 4.79 Å². The lowest BCUT2D eigenvalue weighted by Gasteiger charge is -2.30. The summed E-state index contributed by atoms with van der Waals surface area (Å²) in [5, 5.41) is 1.25. The van der Waals surface area contributed by atoms with Gasteiger partial charge in [0.25, 0.3) is 5.91 Å². The Labute approximate surface area is 82.2 Å². The third-order valence-corrected chi connectivity index (χ3v) is 2.35. The topological polar surface area (TPSA) is 55.6 Å². The van der Waals surface area contributed by atoms with Gasteiger partial charge in [-0.05, 0) is 18.1 Å². The Balaban J connectivity index is 2.47. The van der Waals surface area contributed by atoms with Crippen molar-refractivity contribution >= 4 is 11.6 Å². The van der Waals surface area contributed by atoms with Gasteiger partial charge < -0.3 is 5.73 Å². The van der Waals surface area contributed by atoms with Gasteiger partial charge in [-0.2, -0.15) is 5.06 Å². The molecule has 4 heteroatoms. The van der Waals surface area contributed by atoms with Gasteiger partial charge in [0.15, 0.2) is 0 Å². The van der Waals surface area contributed by atoms with Crippen LogP contribution in [0.4, 0.5) is 5.69 Å². The minimum Gasteiger partial charge on any atom is -0.320 e. The zero-order chi connectivity index (χ0) is 10.1. The molecule has 0 fully saturated rings. The number of carbonyl (C=O) groups is 1. The van der Waals surface area contributed by atoms with Crippen molar-refractivity contribution in [1.29, 1.82) is 0 Å². The molecule has 0 aliphatic carbocycles. The second-order valence-corrected chi connectivity index (χ2v) is 3.25. The number of benzene rings is 1. The van der Waals surface area contributed by atoms with Crippen molar-refractivity contribution in [2.75, 3.05) is 12.2 Å². The minimum atomic E-state index is -0.496. The van der Waals surface area contributed by atoms with Gasteiger partial charge in [-0.1, -0.05) is 18.2 Å². The predicted octanol–water partition coefficient (Wildman–Crippen LogP) is 0.464. The Hall–Kier alpha value is -1.39. The lowest BCUT2D eigenvalue weighted by atomic mass is 9.99. The number of nitrogens with two attached hydrogens (primary N) is 1. The molecule has 1 aromatic rings. The van der Waals surface area contributed by atoms with E-state index in [0.29, 0.717) is 6.42 Å². The Kier molecular flexibility index (Phi) is 2.23. The summed E-state index contributed by atoms with van der Waals surface area (Å²) in [7, 11) is 1.46. The highest BCUT2D eigenvalue weighted by Crippen LogP contribution is 2.26. The van der Waals surface area contributed by atoms with Crippen LogP contribution in [0.5, 0.6) is 0 Å². The highest BCUT2D eigenvalue weighted by Gasteiger charge is 2.30. The lowest BCUT2D eigenvalue weighted by Crippen LogP contribution is -2.48. The number of fused-ring (bicyclic) bond motifs is 1. The van der Waals surface area contributed by atoms with Crippen molar-refractivity contribution in [2.24, 2.45) is 5.73 Å². The third-order valence-electron chi connectivity index (χ3n) is 2.35. The number of amides is 1. The molecular weight excluding hydrogens is 180 g/mol. The van der Waals surface area contributed by atoms with Crippen LogP contribution in [-0.4, -0.2) is 19.1 Å². The minimum absolute atomic E-state index is 0.189. The fourth-order valence-electron chi connectivity index (χ4n) is 1.66. The normalized spacial score (nSPS) is 20.9. The highest BCUT2D eigenvalue weighted by molar-refractivity contribution is 5.98. The van der Waals surface area contributed by atoms with E-state index in [2.05, 4.69) is 0 Å². The summed E-state index contributed by atoms with van der Waals surface area (Å²) < 4.78 is 0. The smallest absolute Gasteiger partial charge is 0.268 e. The molecule has 2 rings (SSSR count). The predicted molar refractivity (Wildman–Crippen MR) is 52.6 cm³/mol. The Morgan fingerprint density at radius 1 is 1.50 bits per heavy atom. The molecule has 0 bridgehead atoms. The monoisotopic (exact) mass is 192 g/mol. The van der Waals surface area contributed by atoms with E-state index in [1.165, 1.54) is 12.2 Å². The van der Waals surface area contributed by atoms with E-state index in [0.717, 1.165) is 11.3 Å². The second kappa shape index (κ2) is 3.40. The first-order chi connectivity index (χ1) is 6.74. The van der Waals surface area contributed by atoms with Gasteiger partial charge in [0, 0.05) is 0 Å². The summed E-state index contributed by atoms with van der Waals surface area (Å²) in [6.45, 7) is 0. The first kappa shape index (κ1) is 9.18. The Bertz CT molecular complexity index is 365. The molecule has 1 aliphatic rings. The molecule has 74 valence electrons. The van der Waals surface area contributed by atoms with Crippen molar-refractivity contribution in [2.45, 2.75) is 12.5 Å². The van der Waals surface area contributed by atoms with Crippen LogP contribution in [0.25, 0.3) is 0 Å². The molecule has 0 spiro atoms. The average molecular weight is 192 g/mol. The number of rotatable bonds is 1. The van der Waals surface area contributed by atoms with Gasteiger partial charge in [-0.3, -0.25) is 9.63 Å². The number of carbonyl (C=O) groups excluding carboxylic acids is 1. The SMILES string of the molecule is CON1C(=O)[C@H](N)Cc2ccccc21. The summed E-state index contributed by atoms with van der Waals surface area (Å²) in [4.78, 5) is 16.6. The van der Waals surface area contributed by atoms with Gasteiger partial charge in [0.1, 0.15) is 0 Å². The van der Waals surface area contributed by atoms with E-state index in [1.54, 1.807) is 0 Å². The van der Waals surface area contributed by atoms with Crippen LogP contribution in [0, 0.1) is 0 Å². The number of hydroxylamine groups is 1. The number of anilines is 1. The summed E-state index contributed by atoms with van der Waals surface area (Å²) in [5.74, 6) is -0.189. The number of hydrogen-bond acceptors (Lipinski definition) is 3. The van der Waals surface area contributed by atoms with Gasteiger partial charge in [-0.25, -0.2) is 0 Å². The first-order valence-electron chi connectivity index (χ1n) is 4.45. The number of para-hydroxylation sites is 1. The zero-order valence-corrected chi connectivity index (χ0v) is 7.93.